The lowest BCUT2D eigenvalue weighted by atomic mass is 9.85. The van der Waals surface area contributed by atoms with Crippen molar-refractivity contribution in [2.24, 2.45) is 5.92 Å². The summed E-state index contributed by atoms with van der Waals surface area (Å²) < 4.78 is 0. The summed E-state index contributed by atoms with van der Waals surface area (Å²) >= 11 is 0. The number of nitrogens with zero attached hydrogens (tertiary/aromatic N) is 2. The molecule has 0 bridgehead atoms. The van der Waals surface area contributed by atoms with Gasteiger partial charge in [-0.25, -0.2) is 0 Å². The van der Waals surface area contributed by atoms with Crippen LogP contribution < -0.4 is 5.32 Å². The molecule has 2 N–H and O–H groups in total. The molecule has 1 aliphatic carbocycles. The molecule has 124 valence electrons. The molecule has 2 fully saturated rings. The second-order valence-electron chi connectivity index (χ2n) is 7.07. The molecule has 2 aliphatic rings. The summed E-state index contributed by atoms with van der Waals surface area (Å²) in [5.74, 6) is 0.636. The summed E-state index contributed by atoms with van der Waals surface area (Å²) in [6.07, 6.45) is 7.65. The highest BCUT2D eigenvalue weighted by Crippen LogP contribution is 2.37. The van der Waals surface area contributed by atoms with Crippen LogP contribution in [0.5, 0.6) is 0 Å². The Labute approximate surface area is 130 Å². The Balaban J connectivity index is 1.70. The van der Waals surface area contributed by atoms with Crippen molar-refractivity contribution < 1.29 is 5.11 Å². The van der Waals surface area contributed by atoms with E-state index < -0.39 is 0 Å². The topological polar surface area (TPSA) is 38.7 Å². The van der Waals surface area contributed by atoms with Gasteiger partial charge in [-0.1, -0.05) is 13.3 Å². The van der Waals surface area contributed by atoms with Crippen molar-refractivity contribution in [2.45, 2.75) is 51.0 Å². The first-order valence-electron chi connectivity index (χ1n) is 8.97. The molecule has 2 rings (SSSR count). The van der Waals surface area contributed by atoms with Gasteiger partial charge in [0.2, 0.25) is 0 Å². The van der Waals surface area contributed by atoms with Crippen molar-refractivity contribution in [1.29, 1.82) is 0 Å². The van der Waals surface area contributed by atoms with Crippen molar-refractivity contribution in [2.75, 3.05) is 52.9 Å². The van der Waals surface area contributed by atoms with Crippen molar-refractivity contribution in [3.05, 3.63) is 0 Å². The number of aliphatic hydroxyl groups excluding tert-OH is 1. The molecule has 0 radical (unpaired) electrons. The minimum Gasteiger partial charge on any atom is -0.394 e. The van der Waals surface area contributed by atoms with Crippen molar-refractivity contribution in [3.63, 3.8) is 0 Å². The third kappa shape index (κ3) is 4.65. The SMILES string of the molecule is CCNC1(CO)CCCC1CCN(C)CCN1CCCC1. The standard InChI is InChI=1S/C17H35N3O/c1-3-18-17(15-21)9-6-7-16(17)8-12-19(2)13-14-20-10-4-5-11-20/h16,18,21H,3-15H2,1-2H3. The molecule has 1 aliphatic heterocycles. The number of hydrogen-bond donors (Lipinski definition) is 2. The van der Waals surface area contributed by atoms with Crippen molar-refractivity contribution in [3.8, 4) is 0 Å². The molecule has 0 spiro atoms. The minimum atomic E-state index is 0.00451. The molecule has 2 atom stereocenters. The van der Waals surface area contributed by atoms with Crippen LogP contribution in [0.25, 0.3) is 0 Å². The summed E-state index contributed by atoms with van der Waals surface area (Å²) in [6, 6.07) is 0. The van der Waals surface area contributed by atoms with Gasteiger partial charge < -0.3 is 20.2 Å². The molecular weight excluding hydrogens is 262 g/mol. The zero-order valence-corrected chi connectivity index (χ0v) is 14.1. The Morgan fingerprint density at radius 3 is 2.67 bits per heavy atom. The van der Waals surface area contributed by atoms with E-state index in [0.29, 0.717) is 12.5 Å². The van der Waals surface area contributed by atoms with Crippen LogP contribution in [0.2, 0.25) is 0 Å². The fourth-order valence-corrected chi connectivity index (χ4v) is 4.22. The zero-order valence-electron chi connectivity index (χ0n) is 14.1. The molecular formula is C17H35N3O. The lowest BCUT2D eigenvalue weighted by molar-refractivity contribution is 0.114. The van der Waals surface area contributed by atoms with Gasteiger partial charge in [-0.2, -0.15) is 0 Å². The first-order chi connectivity index (χ1) is 10.2. The van der Waals surface area contributed by atoms with Crippen LogP contribution in [0.1, 0.15) is 45.4 Å². The summed E-state index contributed by atoms with van der Waals surface area (Å²) in [5.41, 5.74) is 0.00451. The normalized spacial score (nSPS) is 30.6. The summed E-state index contributed by atoms with van der Waals surface area (Å²) in [7, 11) is 2.25. The largest absolute Gasteiger partial charge is 0.394 e. The number of aliphatic hydroxyl groups is 1. The Morgan fingerprint density at radius 1 is 1.24 bits per heavy atom. The fourth-order valence-electron chi connectivity index (χ4n) is 4.22. The molecule has 0 aromatic rings. The smallest absolute Gasteiger partial charge is 0.0616 e. The van der Waals surface area contributed by atoms with Gasteiger partial charge in [0.05, 0.1) is 6.61 Å². The maximum atomic E-state index is 9.85. The van der Waals surface area contributed by atoms with Gasteiger partial charge in [-0.15, -0.1) is 0 Å². The Kier molecular flexibility index (Phi) is 6.93. The van der Waals surface area contributed by atoms with Crippen LogP contribution >= 0.6 is 0 Å². The summed E-state index contributed by atoms with van der Waals surface area (Å²) in [6.45, 7) is 9.56. The van der Waals surface area contributed by atoms with Gasteiger partial charge in [0.1, 0.15) is 0 Å². The maximum Gasteiger partial charge on any atom is 0.0616 e. The number of rotatable bonds is 9. The van der Waals surface area contributed by atoms with Gasteiger partial charge >= 0.3 is 0 Å². The Hall–Kier alpha value is -0.160. The lowest BCUT2D eigenvalue weighted by Gasteiger charge is -2.35. The second kappa shape index (κ2) is 8.47. The first-order valence-corrected chi connectivity index (χ1v) is 8.97. The van der Waals surface area contributed by atoms with Gasteiger partial charge in [-0.3, -0.25) is 0 Å². The predicted octanol–water partition coefficient (Wildman–Crippen LogP) is 1.54. The van der Waals surface area contributed by atoms with Crippen LogP contribution in [0, 0.1) is 5.92 Å². The molecule has 21 heavy (non-hydrogen) atoms. The Bertz CT molecular complexity index is 294. The Morgan fingerprint density at radius 2 is 2.00 bits per heavy atom. The van der Waals surface area contributed by atoms with Gasteiger partial charge in [0, 0.05) is 18.6 Å². The third-order valence-electron chi connectivity index (χ3n) is 5.62. The molecule has 2 unspecified atom stereocenters. The maximum absolute atomic E-state index is 9.85. The molecule has 4 heteroatoms. The highest BCUT2D eigenvalue weighted by Gasteiger charge is 2.41. The number of likely N-dealkylation sites (tertiary alicyclic amines) is 1. The second-order valence-corrected chi connectivity index (χ2v) is 7.07. The molecule has 0 amide bonds. The average molecular weight is 297 g/mol. The summed E-state index contributed by atoms with van der Waals surface area (Å²) in [5, 5.41) is 13.4. The average Bonchev–Trinajstić information content (AvgIpc) is 3.13. The van der Waals surface area contributed by atoms with E-state index in [1.807, 2.05) is 0 Å². The molecule has 0 aromatic heterocycles. The lowest BCUT2D eigenvalue weighted by Crippen LogP contribution is -2.52. The first kappa shape index (κ1) is 17.2. The predicted molar refractivity (Wildman–Crippen MR) is 88.6 cm³/mol. The minimum absolute atomic E-state index is 0.00451. The number of hydrogen-bond acceptors (Lipinski definition) is 4. The quantitative estimate of drug-likeness (QED) is 0.677. The number of likely N-dealkylation sites (N-methyl/N-ethyl adjacent to an activating group) is 2. The fraction of sp³-hybridized carbons (Fsp3) is 1.00. The van der Waals surface area contributed by atoms with Gasteiger partial charge in [0.25, 0.3) is 0 Å². The van der Waals surface area contributed by atoms with Crippen LogP contribution in [0.4, 0.5) is 0 Å². The third-order valence-corrected chi connectivity index (χ3v) is 5.62. The zero-order chi connectivity index (χ0) is 15.1. The van der Waals surface area contributed by atoms with Crippen LogP contribution in [-0.4, -0.2) is 73.4 Å². The van der Waals surface area contributed by atoms with Crippen LogP contribution in [0.15, 0.2) is 0 Å². The van der Waals surface area contributed by atoms with Crippen LogP contribution in [-0.2, 0) is 0 Å². The van der Waals surface area contributed by atoms with Crippen molar-refractivity contribution >= 4 is 0 Å². The highest BCUT2D eigenvalue weighted by molar-refractivity contribution is 4.98. The summed E-state index contributed by atoms with van der Waals surface area (Å²) in [4.78, 5) is 5.06. The molecule has 1 saturated carbocycles. The monoisotopic (exact) mass is 297 g/mol. The molecule has 1 heterocycles. The van der Waals surface area contributed by atoms with Crippen molar-refractivity contribution in [1.82, 2.24) is 15.1 Å². The van der Waals surface area contributed by atoms with E-state index in [-0.39, 0.29) is 5.54 Å². The van der Waals surface area contributed by atoms with E-state index in [4.69, 9.17) is 0 Å². The van der Waals surface area contributed by atoms with E-state index in [0.717, 1.165) is 19.5 Å². The molecule has 1 saturated heterocycles. The van der Waals surface area contributed by atoms with Gasteiger partial charge in [-0.05, 0) is 71.2 Å². The van der Waals surface area contributed by atoms with Gasteiger partial charge in [0.15, 0.2) is 0 Å². The molecule has 0 aromatic carbocycles. The highest BCUT2D eigenvalue weighted by atomic mass is 16.3. The van der Waals surface area contributed by atoms with E-state index in [1.165, 1.54) is 58.3 Å². The van der Waals surface area contributed by atoms with E-state index >= 15 is 0 Å². The van der Waals surface area contributed by atoms with E-state index in [9.17, 15) is 5.11 Å². The van der Waals surface area contributed by atoms with E-state index in [1.54, 1.807) is 0 Å². The molecule has 4 nitrogen and oxygen atoms in total. The van der Waals surface area contributed by atoms with Crippen LogP contribution in [0.3, 0.4) is 0 Å². The van der Waals surface area contributed by atoms with E-state index in [2.05, 4.69) is 29.1 Å². The number of nitrogens with one attached hydrogen (secondary N) is 1.